The van der Waals surface area contributed by atoms with Crippen LogP contribution in [0.25, 0.3) is 6.08 Å². The number of aliphatic hydroxyl groups is 1. The number of ether oxygens (including phenoxy) is 4. The first-order valence-corrected chi connectivity index (χ1v) is 16.2. The fraction of sp³-hybridized carbons (Fsp3) is 0.600. The van der Waals surface area contributed by atoms with E-state index in [2.05, 4.69) is 5.32 Å². The Morgan fingerprint density at radius 1 is 1.07 bits per heavy atom. The van der Waals surface area contributed by atoms with Crippen LogP contribution < -0.4 is 5.32 Å². The van der Waals surface area contributed by atoms with Crippen molar-refractivity contribution in [3.05, 3.63) is 53.1 Å². The van der Waals surface area contributed by atoms with E-state index in [1.54, 1.807) is 71.3 Å². The van der Waals surface area contributed by atoms with Crippen molar-refractivity contribution in [2.45, 2.75) is 101 Å². The number of aliphatic hydroxyl groups excluding tert-OH is 1. The number of hydrogen-bond donors (Lipinski definition) is 2. The first kappa shape index (κ1) is 33.8. The summed E-state index contributed by atoms with van der Waals surface area (Å²) in [5.74, 6) is -1.73. The van der Waals surface area contributed by atoms with Gasteiger partial charge in [0, 0.05) is 50.4 Å². The molecule has 0 bridgehead atoms. The smallest absolute Gasteiger partial charge is 0.338 e. The first-order chi connectivity index (χ1) is 21.8. The Morgan fingerprint density at radius 3 is 2.28 bits per heavy atom. The highest BCUT2D eigenvalue weighted by Gasteiger charge is 2.64. The van der Waals surface area contributed by atoms with E-state index in [1.807, 2.05) is 0 Å². The lowest BCUT2D eigenvalue weighted by molar-refractivity contribution is -0.209. The first-order valence-electron chi connectivity index (χ1n) is 16.2. The Hall–Kier alpha value is -3.54. The lowest BCUT2D eigenvalue weighted by atomic mass is 9.91. The summed E-state index contributed by atoms with van der Waals surface area (Å²) in [4.78, 5) is 52.4. The van der Waals surface area contributed by atoms with Crippen molar-refractivity contribution < 1.29 is 43.2 Å². The SMILES string of the molecule is CN(C)C(=O)C=Cc1ccc(C(=O)O[C@@H]2CC(C(=O)N[C@H](CO)CCC(=O)OC(C)(C)C)=C[C@H]3OC(C4CC4)(C4CC4)O[C@H]32)cc1. The number of benzene rings is 1. The number of amides is 2. The van der Waals surface area contributed by atoms with E-state index in [0.29, 0.717) is 11.1 Å². The molecule has 0 unspecified atom stereocenters. The summed E-state index contributed by atoms with van der Waals surface area (Å²) in [6, 6.07) is 6.05. The Balaban J connectivity index is 1.29. The third-order valence-corrected chi connectivity index (χ3v) is 8.64. The van der Waals surface area contributed by atoms with Crippen LogP contribution in [0, 0.1) is 11.8 Å². The fourth-order valence-corrected chi connectivity index (χ4v) is 5.99. The minimum Gasteiger partial charge on any atom is -0.460 e. The number of likely N-dealkylation sites (N-methyl/N-ethyl adjacent to an activating group) is 1. The minimum absolute atomic E-state index is 0.0373. The van der Waals surface area contributed by atoms with Gasteiger partial charge in [-0.05, 0) is 82.7 Å². The maximum atomic E-state index is 13.5. The van der Waals surface area contributed by atoms with Crippen LogP contribution in [0.15, 0.2) is 42.0 Å². The van der Waals surface area contributed by atoms with E-state index in [1.165, 1.54) is 11.0 Å². The number of carbonyl (C=O) groups excluding carboxylic acids is 4. The molecule has 2 saturated carbocycles. The topological polar surface area (TPSA) is 141 Å². The summed E-state index contributed by atoms with van der Waals surface area (Å²) in [5, 5.41) is 12.8. The van der Waals surface area contributed by atoms with Gasteiger partial charge in [0.15, 0.2) is 5.79 Å². The molecule has 4 atom stereocenters. The zero-order valence-corrected chi connectivity index (χ0v) is 27.3. The molecular weight excluding hydrogens is 592 g/mol. The highest BCUT2D eigenvalue weighted by molar-refractivity contribution is 5.95. The maximum absolute atomic E-state index is 13.5. The summed E-state index contributed by atoms with van der Waals surface area (Å²) < 4.78 is 24.7. The van der Waals surface area contributed by atoms with E-state index in [-0.39, 0.29) is 43.6 Å². The summed E-state index contributed by atoms with van der Waals surface area (Å²) in [6.45, 7) is 4.98. The number of hydrogen-bond acceptors (Lipinski definition) is 9. The fourth-order valence-electron chi connectivity index (χ4n) is 5.99. The van der Waals surface area contributed by atoms with Gasteiger partial charge in [-0.15, -0.1) is 0 Å². The van der Waals surface area contributed by atoms with E-state index >= 15 is 0 Å². The summed E-state index contributed by atoms with van der Waals surface area (Å²) in [7, 11) is 3.34. The number of nitrogens with one attached hydrogen (secondary N) is 1. The van der Waals surface area contributed by atoms with Gasteiger partial charge in [0.25, 0.3) is 0 Å². The van der Waals surface area contributed by atoms with Crippen molar-refractivity contribution in [2.75, 3.05) is 20.7 Å². The molecule has 3 fully saturated rings. The van der Waals surface area contributed by atoms with Gasteiger partial charge in [0.05, 0.1) is 18.2 Å². The van der Waals surface area contributed by atoms with Crippen molar-refractivity contribution in [1.29, 1.82) is 0 Å². The molecule has 11 nitrogen and oxygen atoms in total. The molecule has 1 heterocycles. The third-order valence-electron chi connectivity index (χ3n) is 8.64. The number of fused-ring (bicyclic) bond motifs is 1. The summed E-state index contributed by atoms with van der Waals surface area (Å²) in [6.07, 6.45) is 7.33. The van der Waals surface area contributed by atoms with Crippen molar-refractivity contribution in [3.8, 4) is 0 Å². The second-order valence-corrected chi connectivity index (χ2v) is 13.9. The molecule has 2 amide bonds. The minimum atomic E-state index is -0.783. The Kier molecular flexibility index (Phi) is 10.0. The number of esters is 2. The van der Waals surface area contributed by atoms with Crippen molar-refractivity contribution >= 4 is 29.8 Å². The van der Waals surface area contributed by atoms with Crippen LogP contribution >= 0.6 is 0 Å². The van der Waals surface area contributed by atoms with Crippen molar-refractivity contribution in [1.82, 2.24) is 10.2 Å². The largest absolute Gasteiger partial charge is 0.460 e. The molecule has 250 valence electrons. The molecule has 5 rings (SSSR count). The van der Waals surface area contributed by atoms with Crippen LogP contribution in [0.5, 0.6) is 0 Å². The van der Waals surface area contributed by atoms with Crippen LogP contribution in [0.4, 0.5) is 0 Å². The number of nitrogens with zero attached hydrogens (tertiary/aromatic N) is 1. The van der Waals surface area contributed by atoms with E-state index in [4.69, 9.17) is 18.9 Å². The van der Waals surface area contributed by atoms with Gasteiger partial charge < -0.3 is 34.3 Å². The van der Waals surface area contributed by atoms with Crippen LogP contribution in [0.2, 0.25) is 0 Å². The monoisotopic (exact) mass is 638 g/mol. The van der Waals surface area contributed by atoms with Gasteiger partial charge >= 0.3 is 11.9 Å². The molecular formula is C35H46N2O9. The van der Waals surface area contributed by atoms with Crippen LogP contribution in [-0.4, -0.2) is 90.2 Å². The van der Waals surface area contributed by atoms with Gasteiger partial charge in [0.1, 0.15) is 23.9 Å². The predicted octanol–water partition coefficient (Wildman–Crippen LogP) is 3.54. The molecule has 1 aliphatic heterocycles. The van der Waals surface area contributed by atoms with Gasteiger partial charge in [-0.2, -0.15) is 0 Å². The lowest BCUT2D eigenvalue weighted by Gasteiger charge is -2.31. The molecule has 4 aliphatic rings. The normalized spacial score (nSPS) is 24.5. The average molecular weight is 639 g/mol. The van der Waals surface area contributed by atoms with E-state index in [0.717, 1.165) is 31.2 Å². The van der Waals surface area contributed by atoms with Crippen molar-refractivity contribution in [3.63, 3.8) is 0 Å². The summed E-state index contributed by atoms with van der Waals surface area (Å²) in [5.41, 5.74) is 0.815. The number of rotatable bonds is 12. The second-order valence-electron chi connectivity index (χ2n) is 13.9. The molecule has 2 N–H and O–H groups in total. The van der Waals surface area contributed by atoms with Gasteiger partial charge in [-0.25, -0.2) is 4.79 Å². The standard InChI is InChI=1S/C35H46N2O9/c1-34(2,3)45-30(40)17-15-26(20-38)36-32(41)23-18-27(31-28(19-23)44-35(46-31,24-11-12-24)25-13-14-25)43-33(42)22-9-6-21(7-10-22)8-16-29(39)37(4)5/h6-10,16,19,24-28,31,38H,11-15,17-18,20H2,1-5H3,(H,36,41)/t26-,27+,28+,31-/m0/s1. The van der Waals surface area contributed by atoms with Crippen LogP contribution in [-0.2, 0) is 33.3 Å². The Labute approximate surface area is 270 Å². The zero-order chi connectivity index (χ0) is 33.2. The third kappa shape index (κ3) is 8.24. The van der Waals surface area contributed by atoms with Gasteiger partial charge in [0.2, 0.25) is 11.8 Å². The number of carbonyl (C=O) groups is 4. The van der Waals surface area contributed by atoms with Crippen molar-refractivity contribution in [2.24, 2.45) is 11.8 Å². The molecule has 1 aromatic rings. The zero-order valence-electron chi connectivity index (χ0n) is 27.3. The highest BCUT2D eigenvalue weighted by Crippen LogP contribution is 2.59. The van der Waals surface area contributed by atoms with Crippen LogP contribution in [0.1, 0.15) is 81.6 Å². The predicted molar refractivity (Wildman–Crippen MR) is 168 cm³/mol. The quantitative estimate of drug-likeness (QED) is 0.260. The highest BCUT2D eigenvalue weighted by atomic mass is 16.8. The molecule has 3 aliphatic carbocycles. The molecule has 0 radical (unpaired) electrons. The average Bonchev–Trinajstić information content (AvgIpc) is 3.94. The molecule has 1 saturated heterocycles. The van der Waals surface area contributed by atoms with E-state index in [9.17, 15) is 24.3 Å². The molecule has 0 spiro atoms. The lowest BCUT2D eigenvalue weighted by Crippen LogP contribution is -2.45. The Morgan fingerprint density at radius 2 is 1.72 bits per heavy atom. The summed E-state index contributed by atoms with van der Waals surface area (Å²) >= 11 is 0. The van der Waals surface area contributed by atoms with E-state index < -0.39 is 53.6 Å². The Bertz CT molecular complexity index is 1360. The molecule has 11 heteroatoms. The maximum Gasteiger partial charge on any atom is 0.338 e. The van der Waals surface area contributed by atoms with Crippen LogP contribution in [0.3, 0.4) is 0 Å². The molecule has 46 heavy (non-hydrogen) atoms. The molecule has 1 aromatic carbocycles. The molecule has 0 aromatic heterocycles. The van der Waals surface area contributed by atoms with Gasteiger partial charge in [-0.1, -0.05) is 12.1 Å². The van der Waals surface area contributed by atoms with Gasteiger partial charge in [-0.3, -0.25) is 14.4 Å². The second kappa shape index (κ2) is 13.7.